The highest BCUT2D eigenvalue weighted by atomic mass is 32.2. The van der Waals surface area contributed by atoms with Crippen LogP contribution in [0, 0.1) is 11.7 Å². The third-order valence-corrected chi connectivity index (χ3v) is 5.35. The quantitative estimate of drug-likeness (QED) is 0.890. The van der Waals surface area contributed by atoms with Crippen molar-refractivity contribution in [1.29, 1.82) is 0 Å². The summed E-state index contributed by atoms with van der Waals surface area (Å²) in [5, 5.41) is 0. The van der Waals surface area contributed by atoms with Crippen molar-refractivity contribution in [1.82, 2.24) is 9.55 Å². The first-order chi connectivity index (χ1) is 8.96. The first-order valence-electron chi connectivity index (χ1n) is 6.04. The summed E-state index contributed by atoms with van der Waals surface area (Å²) in [5.41, 5.74) is 0.257. The van der Waals surface area contributed by atoms with Crippen LogP contribution in [0.25, 0.3) is 11.0 Å². The predicted molar refractivity (Wildman–Crippen MR) is 69.3 cm³/mol. The average molecular weight is 284 g/mol. The van der Waals surface area contributed by atoms with Gasteiger partial charge in [-0.2, -0.15) is 0 Å². The van der Waals surface area contributed by atoms with Gasteiger partial charge in [-0.05, 0) is 24.5 Å². The van der Waals surface area contributed by atoms with Gasteiger partial charge in [0.2, 0.25) is 0 Å². The number of imidazole rings is 1. The highest BCUT2D eigenvalue weighted by Gasteiger charge is 2.29. The van der Waals surface area contributed by atoms with E-state index in [2.05, 4.69) is 4.98 Å². The van der Waals surface area contributed by atoms with Crippen molar-refractivity contribution in [3.63, 3.8) is 0 Å². The maximum absolute atomic E-state index is 13.8. The van der Waals surface area contributed by atoms with Crippen LogP contribution in [0.1, 0.15) is 6.42 Å². The summed E-state index contributed by atoms with van der Waals surface area (Å²) < 4.78 is 37.9. The topological polar surface area (TPSA) is 71.9 Å². The molecule has 2 heterocycles. The van der Waals surface area contributed by atoms with Crippen molar-refractivity contribution in [3.05, 3.63) is 34.5 Å². The molecule has 3 rings (SSSR count). The molecule has 19 heavy (non-hydrogen) atoms. The molecule has 0 amide bonds. The molecule has 0 aliphatic carbocycles. The zero-order chi connectivity index (χ0) is 13.6. The minimum Gasteiger partial charge on any atom is -0.305 e. The van der Waals surface area contributed by atoms with E-state index in [0.29, 0.717) is 11.9 Å². The van der Waals surface area contributed by atoms with Gasteiger partial charge in [0.15, 0.2) is 9.84 Å². The molecule has 1 fully saturated rings. The van der Waals surface area contributed by atoms with Crippen molar-refractivity contribution in [3.8, 4) is 0 Å². The van der Waals surface area contributed by atoms with Crippen LogP contribution in [0.3, 0.4) is 0 Å². The highest BCUT2D eigenvalue weighted by molar-refractivity contribution is 7.91. The number of halogens is 1. The van der Waals surface area contributed by atoms with Gasteiger partial charge in [-0.15, -0.1) is 0 Å². The summed E-state index contributed by atoms with van der Waals surface area (Å²) in [6.45, 7) is 0.235. The first-order valence-corrected chi connectivity index (χ1v) is 7.86. The number of aromatic amines is 1. The smallest absolute Gasteiger partial charge is 0.305 e. The molecule has 1 aromatic heterocycles. The van der Waals surface area contributed by atoms with E-state index in [-0.39, 0.29) is 29.5 Å². The molecule has 1 N–H and O–H groups in total. The molecule has 0 saturated carbocycles. The fraction of sp³-hybridized carbons (Fsp3) is 0.417. The Bertz CT molecular complexity index is 791. The molecular formula is C12H13FN2O3S. The van der Waals surface area contributed by atoms with Crippen LogP contribution < -0.4 is 5.69 Å². The van der Waals surface area contributed by atoms with Crippen molar-refractivity contribution in [2.45, 2.75) is 13.0 Å². The van der Waals surface area contributed by atoms with Gasteiger partial charge >= 0.3 is 5.69 Å². The van der Waals surface area contributed by atoms with Crippen molar-refractivity contribution < 1.29 is 12.8 Å². The Kier molecular flexibility index (Phi) is 2.74. The van der Waals surface area contributed by atoms with Gasteiger partial charge in [-0.3, -0.25) is 4.57 Å². The van der Waals surface area contributed by atoms with Crippen LogP contribution in [0.5, 0.6) is 0 Å². The molecule has 1 aliphatic heterocycles. The van der Waals surface area contributed by atoms with E-state index >= 15 is 0 Å². The molecule has 5 nitrogen and oxygen atoms in total. The second-order valence-corrected chi connectivity index (χ2v) is 7.17. The number of para-hydroxylation sites is 1. The number of benzene rings is 1. The maximum atomic E-state index is 13.8. The summed E-state index contributed by atoms with van der Waals surface area (Å²) in [6, 6.07) is 4.44. The number of sulfone groups is 1. The van der Waals surface area contributed by atoms with Crippen LogP contribution in [0.2, 0.25) is 0 Å². The lowest BCUT2D eigenvalue weighted by atomic mass is 10.1. The third kappa shape index (κ3) is 2.18. The summed E-state index contributed by atoms with van der Waals surface area (Å²) in [5.74, 6) is -0.379. The molecule has 1 aromatic carbocycles. The van der Waals surface area contributed by atoms with E-state index in [1.54, 1.807) is 6.07 Å². The van der Waals surface area contributed by atoms with Crippen molar-refractivity contribution in [2.24, 2.45) is 5.92 Å². The number of nitrogens with one attached hydrogen (secondary N) is 1. The number of hydrogen-bond acceptors (Lipinski definition) is 3. The minimum absolute atomic E-state index is 0.0700. The van der Waals surface area contributed by atoms with Gasteiger partial charge in [0.1, 0.15) is 11.3 Å². The van der Waals surface area contributed by atoms with Gasteiger partial charge in [-0.1, -0.05) is 6.07 Å². The van der Waals surface area contributed by atoms with Crippen molar-refractivity contribution >= 4 is 20.9 Å². The lowest BCUT2D eigenvalue weighted by molar-refractivity contribution is 0.485. The summed E-state index contributed by atoms with van der Waals surface area (Å²) in [7, 11) is -2.99. The Hall–Kier alpha value is -1.63. The highest BCUT2D eigenvalue weighted by Crippen LogP contribution is 2.22. The molecule has 1 unspecified atom stereocenters. The number of rotatable bonds is 2. The Labute approximate surface area is 109 Å². The first kappa shape index (κ1) is 12.4. The Morgan fingerprint density at radius 1 is 1.42 bits per heavy atom. The zero-order valence-electron chi connectivity index (χ0n) is 10.1. The molecule has 1 aliphatic rings. The Morgan fingerprint density at radius 3 is 2.89 bits per heavy atom. The molecule has 0 spiro atoms. The second kappa shape index (κ2) is 4.19. The van der Waals surface area contributed by atoms with Crippen LogP contribution in [0.15, 0.2) is 23.0 Å². The summed E-state index contributed by atoms with van der Waals surface area (Å²) >= 11 is 0. The van der Waals surface area contributed by atoms with E-state index in [1.807, 2.05) is 0 Å². The van der Waals surface area contributed by atoms with Crippen molar-refractivity contribution in [2.75, 3.05) is 11.5 Å². The van der Waals surface area contributed by atoms with Crippen LogP contribution in [0.4, 0.5) is 4.39 Å². The molecule has 1 saturated heterocycles. The van der Waals surface area contributed by atoms with Gasteiger partial charge in [0.05, 0.1) is 17.0 Å². The van der Waals surface area contributed by atoms with Gasteiger partial charge in [-0.25, -0.2) is 17.6 Å². The normalized spacial score (nSPS) is 22.1. The Balaban J connectivity index is 2.02. The average Bonchev–Trinajstić information content (AvgIpc) is 2.81. The van der Waals surface area contributed by atoms with E-state index in [1.165, 1.54) is 16.7 Å². The predicted octanol–water partition coefficient (Wildman–Crippen LogP) is 0.903. The monoisotopic (exact) mass is 284 g/mol. The summed E-state index contributed by atoms with van der Waals surface area (Å²) in [6.07, 6.45) is 0.524. The molecule has 0 radical (unpaired) electrons. The number of aromatic nitrogens is 2. The largest absolute Gasteiger partial charge is 0.326 e. The minimum atomic E-state index is -2.99. The third-order valence-electron chi connectivity index (χ3n) is 3.51. The Morgan fingerprint density at radius 2 is 2.21 bits per heavy atom. The number of fused-ring (bicyclic) bond motifs is 1. The van der Waals surface area contributed by atoms with E-state index in [4.69, 9.17) is 0 Å². The van der Waals surface area contributed by atoms with Crippen LogP contribution in [-0.2, 0) is 16.4 Å². The molecular weight excluding hydrogens is 271 g/mol. The lowest BCUT2D eigenvalue weighted by Crippen LogP contribution is -2.22. The summed E-state index contributed by atoms with van der Waals surface area (Å²) in [4.78, 5) is 14.4. The van der Waals surface area contributed by atoms with Gasteiger partial charge < -0.3 is 4.98 Å². The molecule has 7 heteroatoms. The zero-order valence-corrected chi connectivity index (χ0v) is 10.9. The van der Waals surface area contributed by atoms with E-state index in [0.717, 1.165) is 0 Å². The number of hydrogen-bond donors (Lipinski definition) is 1. The van der Waals surface area contributed by atoms with E-state index in [9.17, 15) is 17.6 Å². The molecule has 0 bridgehead atoms. The standard InChI is InChI=1S/C12H13FN2O3S/c13-9-2-1-3-10-11(9)15(12(16)14-10)6-8-4-5-19(17,18)7-8/h1-3,8H,4-7H2,(H,14,16). The van der Waals surface area contributed by atoms with Gasteiger partial charge in [0.25, 0.3) is 0 Å². The van der Waals surface area contributed by atoms with E-state index < -0.39 is 21.3 Å². The van der Waals surface area contributed by atoms with Crippen LogP contribution >= 0.6 is 0 Å². The molecule has 2 aromatic rings. The maximum Gasteiger partial charge on any atom is 0.326 e. The van der Waals surface area contributed by atoms with Crippen LogP contribution in [-0.4, -0.2) is 29.5 Å². The lowest BCUT2D eigenvalue weighted by Gasteiger charge is -2.09. The fourth-order valence-electron chi connectivity index (χ4n) is 2.62. The fourth-order valence-corrected chi connectivity index (χ4v) is 4.47. The number of H-pyrrole nitrogens is 1. The number of nitrogens with zero attached hydrogens (tertiary/aromatic N) is 1. The molecule has 102 valence electrons. The van der Waals surface area contributed by atoms with Gasteiger partial charge in [0, 0.05) is 6.54 Å². The molecule has 1 atom stereocenters. The second-order valence-electron chi connectivity index (χ2n) is 4.95. The SMILES string of the molecule is O=c1[nH]c2cccc(F)c2n1CC1CCS(=O)(=O)C1.